The molecule has 0 aliphatic carbocycles. The summed E-state index contributed by atoms with van der Waals surface area (Å²) in [6.45, 7) is 6.00. The molecule has 1 aliphatic heterocycles. The topological polar surface area (TPSA) is 60.4 Å². The summed E-state index contributed by atoms with van der Waals surface area (Å²) in [7, 11) is 0. The lowest BCUT2D eigenvalue weighted by atomic mass is 10.0. The monoisotopic (exact) mass is 334 g/mol. The van der Waals surface area contributed by atoms with Crippen molar-refractivity contribution in [1.82, 2.24) is 4.90 Å². The van der Waals surface area contributed by atoms with E-state index in [1.807, 2.05) is 39.0 Å². The van der Waals surface area contributed by atoms with Crippen molar-refractivity contribution in [3.8, 4) is 0 Å². The van der Waals surface area contributed by atoms with E-state index < -0.39 is 5.97 Å². The first-order valence-corrected chi connectivity index (χ1v) is 8.05. The van der Waals surface area contributed by atoms with E-state index in [2.05, 4.69) is 0 Å². The average molecular weight is 334 g/mol. The SMILES string of the molecule is C/C(=C1\SC(=S)N(CCC(=O)[O-])C1=O)c1ccc(C)c(C)c1. The molecule has 1 aromatic rings. The molecule has 2 rings (SSSR count). The van der Waals surface area contributed by atoms with Gasteiger partial charge in [0.05, 0.1) is 4.91 Å². The van der Waals surface area contributed by atoms with Crippen LogP contribution in [0.2, 0.25) is 0 Å². The molecule has 0 saturated carbocycles. The molecule has 0 atom stereocenters. The summed E-state index contributed by atoms with van der Waals surface area (Å²) >= 11 is 6.40. The molecule has 0 spiro atoms. The van der Waals surface area contributed by atoms with Gasteiger partial charge in [0.2, 0.25) is 0 Å². The van der Waals surface area contributed by atoms with E-state index in [-0.39, 0.29) is 18.9 Å². The van der Waals surface area contributed by atoms with E-state index >= 15 is 0 Å². The normalized spacial score (nSPS) is 17.1. The van der Waals surface area contributed by atoms with Gasteiger partial charge < -0.3 is 9.90 Å². The van der Waals surface area contributed by atoms with Gasteiger partial charge in [0.25, 0.3) is 5.91 Å². The van der Waals surface area contributed by atoms with Crippen molar-refractivity contribution in [2.24, 2.45) is 0 Å². The fourth-order valence-corrected chi connectivity index (χ4v) is 3.48. The zero-order valence-electron chi connectivity index (χ0n) is 12.6. The summed E-state index contributed by atoms with van der Waals surface area (Å²) in [5.41, 5.74) is 4.18. The van der Waals surface area contributed by atoms with Crippen molar-refractivity contribution in [3.63, 3.8) is 0 Å². The molecule has 1 amide bonds. The summed E-state index contributed by atoms with van der Waals surface area (Å²) < 4.78 is 0.393. The number of amides is 1. The van der Waals surface area contributed by atoms with Crippen LogP contribution in [-0.4, -0.2) is 27.6 Å². The standard InChI is InChI=1S/C16H17NO3S2/c1-9-4-5-12(8-10(9)2)11(3)14-15(20)17(16(21)22-14)7-6-13(18)19/h4-5,8H,6-7H2,1-3H3,(H,18,19)/p-1/b14-11+. The first-order chi connectivity index (χ1) is 10.3. The second-order valence-corrected chi connectivity index (χ2v) is 6.84. The van der Waals surface area contributed by atoms with E-state index in [0.29, 0.717) is 9.23 Å². The lowest BCUT2D eigenvalue weighted by Crippen LogP contribution is -2.33. The highest BCUT2D eigenvalue weighted by atomic mass is 32.2. The van der Waals surface area contributed by atoms with Crippen molar-refractivity contribution in [1.29, 1.82) is 0 Å². The van der Waals surface area contributed by atoms with Gasteiger partial charge in [-0.2, -0.15) is 0 Å². The Morgan fingerprint density at radius 3 is 2.59 bits per heavy atom. The van der Waals surface area contributed by atoms with Crippen molar-refractivity contribution in [3.05, 3.63) is 39.8 Å². The summed E-state index contributed by atoms with van der Waals surface area (Å²) in [5, 5.41) is 10.6. The number of carboxylic acids is 1. The Balaban J connectivity index is 2.31. The fourth-order valence-electron chi connectivity index (χ4n) is 2.13. The minimum absolute atomic E-state index is 0.0523. The number of hydrogen-bond donors (Lipinski definition) is 0. The number of thiocarbonyl (C=S) groups is 1. The van der Waals surface area contributed by atoms with Gasteiger partial charge in [-0.15, -0.1) is 0 Å². The van der Waals surface area contributed by atoms with Crippen LogP contribution in [-0.2, 0) is 9.59 Å². The van der Waals surface area contributed by atoms with Gasteiger partial charge in [-0.3, -0.25) is 9.69 Å². The van der Waals surface area contributed by atoms with E-state index in [1.54, 1.807) is 0 Å². The Labute approximate surface area is 139 Å². The molecule has 4 nitrogen and oxygen atoms in total. The number of benzene rings is 1. The van der Waals surface area contributed by atoms with Crippen LogP contribution in [0.25, 0.3) is 5.57 Å². The third-order valence-corrected chi connectivity index (χ3v) is 5.22. The predicted molar refractivity (Wildman–Crippen MR) is 90.0 cm³/mol. The Bertz CT molecular complexity index is 695. The lowest BCUT2D eigenvalue weighted by Gasteiger charge is -2.14. The number of carbonyl (C=O) groups is 2. The maximum absolute atomic E-state index is 12.4. The van der Waals surface area contributed by atoms with Crippen molar-refractivity contribution >= 4 is 45.7 Å². The highest BCUT2D eigenvalue weighted by molar-refractivity contribution is 8.26. The number of allylic oxidation sites excluding steroid dienone is 1. The van der Waals surface area contributed by atoms with Gasteiger partial charge in [-0.05, 0) is 43.0 Å². The average Bonchev–Trinajstić information content (AvgIpc) is 2.74. The fraction of sp³-hybridized carbons (Fsp3) is 0.312. The molecule has 0 aromatic heterocycles. The minimum Gasteiger partial charge on any atom is -0.550 e. The molecule has 22 heavy (non-hydrogen) atoms. The molecule has 1 aromatic carbocycles. The molecular formula is C16H16NO3S2-. The smallest absolute Gasteiger partial charge is 0.266 e. The molecule has 0 bridgehead atoms. The van der Waals surface area contributed by atoms with E-state index in [9.17, 15) is 14.7 Å². The number of hydrogen-bond acceptors (Lipinski definition) is 5. The number of aryl methyl sites for hydroxylation is 2. The van der Waals surface area contributed by atoms with Crippen molar-refractivity contribution < 1.29 is 14.7 Å². The van der Waals surface area contributed by atoms with E-state index in [0.717, 1.165) is 16.7 Å². The van der Waals surface area contributed by atoms with Crippen molar-refractivity contribution in [2.75, 3.05) is 6.54 Å². The number of aliphatic carboxylic acids is 1. The first kappa shape index (κ1) is 16.7. The van der Waals surface area contributed by atoms with Crippen LogP contribution in [0, 0.1) is 13.8 Å². The maximum atomic E-state index is 12.4. The Morgan fingerprint density at radius 1 is 1.32 bits per heavy atom. The van der Waals surface area contributed by atoms with Crippen LogP contribution >= 0.6 is 24.0 Å². The van der Waals surface area contributed by atoms with Crippen LogP contribution in [0.1, 0.15) is 30.0 Å². The van der Waals surface area contributed by atoms with Gasteiger partial charge in [0.1, 0.15) is 4.32 Å². The van der Waals surface area contributed by atoms with Crippen molar-refractivity contribution in [2.45, 2.75) is 27.2 Å². The summed E-state index contributed by atoms with van der Waals surface area (Å²) in [5.74, 6) is -1.42. The molecule has 1 fully saturated rings. The molecule has 0 radical (unpaired) electrons. The molecular weight excluding hydrogens is 318 g/mol. The number of carboxylic acid groups (broad SMARTS) is 1. The van der Waals surface area contributed by atoms with E-state index in [1.165, 1.54) is 22.2 Å². The second kappa shape index (κ2) is 6.62. The highest BCUT2D eigenvalue weighted by Gasteiger charge is 2.33. The minimum atomic E-state index is -1.19. The zero-order chi connectivity index (χ0) is 16.4. The van der Waals surface area contributed by atoms with Gasteiger partial charge in [0, 0.05) is 18.9 Å². The predicted octanol–water partition coefficient (Wildman–Crippen LogP) is 2.03. The van der Waals surface area contributed by atoms with Crippen LogP contribution in [0.4, 0.5) is 0 Å². The maximum Gasteiger partial charge on any atom is 0.266 e. The van der Waals surface area contributed by atoms with Gasteiger partial charge in [0.15, 0.2) is 0 Å². The lowest BCUT2D eigenvalue weighted by molar-refractivity contribution is -0.305. The number of rotatable bonds is 4. The number of thioether (sulfide) groups is 1. The third kappa shape index (κ3) is 3.39. The Kier molecular flexibility index (Phi) is 5.03. The molecule has 0 N–H and O–H groups in total. The summed E-state index contributed by atoms with van der Waals surface area (Å²) in [4.78, 5) is 24.9. The largest absolute Gasteiger partial charge is 0.550 e. The molecule has 1 saturated heterocycles. The number of carbonyl (C=O) groups excluding carboxylic acids is 2. The Hall–Kier alpha value is -1.66. The molecule has 0 unspecified atom stereocenters. The van der Waals surface area contributed by atoms with E-state index in [4.69, 9.17) is 12.2 Å². The summed E-state index contributed by atoms with van der Waals surface area (Å²) in [6, 6.07) is 6.04. The molecule has 1 aliphatic rings. The second-order valence-electron chi connectivity index (χ2n) is 5.20. The zero-order valence-corrected chi connectivity index (χ0v) is 14.3. The first-order valence-electron chi connectivity index (χ1n) is 6.83. The third-order valence-electron chi connectivity index (χ3n) is 3.67. The summed E-state index contributed by atoms with van der Waals surface area (Å²) in [6.07, 6.45) is -0.220. The van der Waals surface area contributed by atoms with Gasteiger partial charge in [-0.25, -0.2) is 0 Å². The van der Waals surface area contributed by atoms with Gasteiger partial charge >= 0.3 is 0 Å². The quantitative estimate of drug-likeness (QED) is 0.623. The Morgan fingerprint density at radius 2 is 2.00 bits per heavy atom. The molecule has 6 heteroatoms. The molecule has 116 valence electrons. The van der Waals surface area contributed by atoms with Crippen LogP contribution in [0.3, 0.4) is 0 Å². The highest BCUT2D eigenvalue weighted by Crippen LogP contribution is 2.36. The van der Waals surface area contributed by atoms with Crippen LogP contribution in [0.15, 0.2) is 23.1 Å². The molecule has 1 heterocycles. The van der Waals surface area contributed by atoms with Crippen LogP contribution in [0.5, 0.6) is 0 Å². The number of nitrogens with zero attached hydrogens (tertiary/aromatic N) is 1. The van der Waals surface area contributed by atoms with Crippen LogP contribution < -0.4 is 5.11 Å². The van der Waals surface area contributed by atoms with Gasteiger partial charge in [-0.1, -0.05) is 42.2 Å².